The van der Waals surface area contributed by atoms with Crippen molar-refractivity contribution in [2.24, 2.45) is 0 Å². The summed E-state index contributed by atoms with van der Waals surface area (Å²) in [6, 6.07) is 0.521. The van der Waals surface area contributed by atoms with Crippen LogP contribution in [0.3, 0.4) is 0 Å². The highest BCUT2D eigenvalue weighted by Crippen LogP contribution is 2.21. The van der Waals surface area contributed by atoms with E-state index in [0.717, 1.165) is 38.5 Å². The van der Waals surface area contributed by atoms with Crippen LogP contribution in [0.2, 0.25) is 0 Å². The van der Waals surface area contributed by atoms with Gasteiger partial charge in [-0.3, -0.25) is 0 Å². The van der Waals surface area contributed by atoms with Crippen molar-refractivity contribution in [1.82, 2.24) is 20.1 Å². The molecule has 3 rings (SSSR count). The molecule has 6 heteroatoms. The fourth-order valence-corrected chi connectivity index (χ4v) is 3.23. The Labute approximate surface area is 126 Å². The summed E-state index contributed by atoms with van der Waals surface area (Å²) >= 11 is 0. The number of nitrogens with one attached hydrogen (secondary N) is 1. The summed E-state index contributed by atoms with van der Waals surface area (Å²) in [6.07, 6.45) is 8.21. The highest BCUT2D eigenvalue weighted by Gasteiger charge is 2.19. The van der Waals surface area contributed by atoms with Crippen LogP contribution in [0.25, 0.3) is 0 Å². The maximum Gasteiger partial charge on any atom is 0.244 e. The third kappa shape index (κ3) is 3.81. The van der Waals surface area contributed by atoms with Crippen molar-refractivity contribution in [2.75, 3.05) is 42.9 Å². The van der Waals surface area contributed by atoms with Gasteiger partial charge in [0, 0.05) is 32.2 Å². The molecule has 1 aliphatic heterocycles. The number of anilines is 2. The highest BCUT2D eigenvalue weighted by molar-refractivity contribution is 5.41. The quantitative estimate of drug-likeness (QED) is 0.912. The first-order valence-electron chi connectivity index (χ1n) is 8.28. The Balaban J connectivity index is 1.60. The average molecular weight is 290 g/mol. The number of likely N-dealkylation sites (N-methyl/N-ethyl adjacent to an activating group) is 1. The number of hydrogen-bond acceptors (Lipinski definition) is 6. The lowest BCUT2D eigenvalue weighted by atomic mass is 9.96. The van der Waals surface area contributed by atoms with Crippen molar-refractivity contribution < 1.29 is 0 Å². The first-order chi connectivity index (χ1) is 10.3. The molecule has 1 saturated carbocycles. The number of rotatable bonds is 4. The molecular formula is C15H26N6. The van der Waals surface area contributed by atoms with Crippen LogP contribution in [0, 0.1) is 0 Å². The molecule has 2 aliphatic rings. The molecule has 116 valence electrons. The first-order valence-corrected chi connectivity index (χ1v) is 8.28. The third-order valence-corrected chi connectivity index (χ3v) is 4.63. The second-order valence-corrected chi connectivity index (χ2v) is 6.04. The summed E-state index contributed by atoms with van der Waals surface area (Å²) in [5.74, 6) is 1.65. The van der Waals surface area contributed by atoms with E-state index in [1.165, 1.54) is 32.1 Å². The zero-order chi connectivity index (χ0) is 14.5. The molecule has 0 unspecified atom stereocenters. The number of nitrogens with zero attached hydrogens (tertiary/aromatic N) is 5. The maximum absolute atomic E-state index is 4.66. The van der Waals surface area contributed by atoms with Gasteiger partial charge in [0.15, 0.2) is 5.82 Å². The summed E-state index contributed by atoms with van der Waals surface area (Å²) in [5.41, 5.74) is 0. The maximum atomic E-state index is 4.66. The molecule has 0 atom stereocenters. The van der Waals surface area contributed by atoms with Crippen LogP contribution in [0.4, 0.5) is 11.8 Å². The molecule has 0 bridgehead atoms. The second-order valence-electron chi connectivity index (χ2n) is 6.04. The van der Waals surface area contributed by atoms with Crippen LogP contribution >= 0.6 is 0 Å². The lowest BCUT2D eigenvalue weighted by Gasteiger charge is -2.34. The molecule has 1 aromatic heterocycles. The zero-order valence-electron chi connectivity index (χ0n) is 13.0. The van der Waals surface area contributed by atoms with Gasteiger partial charge in [-0.05, 0) is 19.4 Å². The minimum Gasteiger partial charge on any atom is -0.353 e. The Hall–Kier alpha value is -1.43. The van der Waals surface area contributed by atoms with Gasteiger partial charge in [-0.25, -0.2) is 0 Å². The van der Waals surface area contributed by atoms with Crippen molar-refractivity contribution in [3.05, 3.63) is 6.20 Å². The van der Waals surface area contributed by atoms with Crippen LogP contribution in [-0.2, 0) is 0 Å². The number of piperazine rings is 1. The second kappa shape index (κ2) is 7.02. The Kier molecular flexibility index (Phi) is 4.85. The van der Waals surface area contributed by atoms with Gasteiger partial charge in [-0.2, -0.15) is 10.1 Å². The molecule has 1 N–H and O–H groups in total. The standard InChI is InChI=1S/C15H26N6/c1-2-20-8-10-21(11-9-20)14-12-16-19-15(18-14)17-13-6-4-3-5-7-13/h12-13H,2-11H2,1H3,(H,17,18,19). The average Bonchev–Trinajstić information content (AvgIpc) is 2.56. The van der Waals surface area contributed by atoms with Crippen LogP contribution in [0.15, 0.2) is 6.20 Å². The molecule has 2 heterocycles. The van der Waals surface area contributed by atoms with E-state index >= 15 is 0 Å². The van der Waals surface area contributed by atoms with E-state index in [2.05, 4.69) is 37.2 Å². The molecule has 2 fully saturated rings. The highest BCUT2D eigenvalue weighted by atomic mass is 15.3. The zero-order valence-corrected chi connectivity index (χ0v) is 13.0. The van der Waals surface area contributed by atoms with Crippen molar-refractivity contribution in [2.45, 2.75) is 45.1 Å². The van der Waals surface area contributed by atoms with Crippen LogP contribution in [0.5, 0.6) is 0 Å². The van der Waals surface area contributed by atoms with Gasteiger partial charge in [-0.15, -0.1) is 5.10 Å². The van der Waals surface area contributed by atoms with E-state index in [9.17, 15) is 0 Å². The van der Waals surface area contributed by atoms with Crippen LogP contribution in [0.1, 0.15) is 39.0 Å². The molecule has 0 aromatic carbocycles. The monoisotopic (exact) mass is 290 g/mol. The van der Waals surface area contributed by atoms with E-state index in [4.69, 9.17) is 0 Å². The predicted molar refractivity (Wildman–Crippen MR) is 84.6 cm³/mol. The number of aromatic nitrogens is 3. The van der Waals surface area contributed by atoms with Gasteiger partial charge in [-0.1, -0.05) is 26.2 Å². The van der Waals surface area contributed by atoms with E-state index in [1.807, 2.05) is 0 Å². The van der Waals surface area contributed by atoms with Crippen molar-refractivity contribution >= 4 is 11.8 Å². The van der Waals surface area contributed by atoms with Crippen molar-refractivity contribution in [1.29, 1.82) is 0 Å². The van der Waals surface area contributed by atoms with Crippen LogP contribution < -0.4 is 10.2 Å². The fraction of sp³-hybridized carbons (Fsp3) is 0.800. The third-order valence-electron chi connectivity index (χ3n) is 4.63. The molecule has 1 saturated heterocycles. The van der Waals surface area contributed by atoms with Gasteiger partial charge < -0.3 is 15.1 Å². The summed E-state index contributed by atoms with van der Waals surface area (Å²) in [7, 11) is 0. The summed E-state index contributed by atoms with van der Waals surface area (Å²) < 4.78 is 0. The minimum absolute atomic E-state index is 0.521. The van der Waals surface area contributed by atoms with Gasteiger partial charge in [0.05, 0.1) is 6.20 Å². The topological polar surface area (TPSA) is 57.2 Å². The van der Waals surface area contributed by atoms with Gasteiger partial charge >= 0.3 is 0 Å². The van der Waals surface area contributed by atoms with Crippen molar-refractivity contribution in [3.63, 3.8) is 0 Å². The molecule has 0 amide bonds. The lowest BCUT2D eigenvalue weighted by Crippen LogP contribution is -2.46. The van der Waals surface area contributed by atoms with Gasteiger partial charge in [0.25, 0.3) is 0 Å². The molecule has 1 aliphatic carbocycles. The normalized spacial score (nSPS) is 21.5. The van der Waals surface area contributed by atoms with Crippen LogP contribution in [-0.4, -0.2) is 58.8 Å². The summed E-state index contributed by atoms with van der Waals surface area (Å²) in [5, 5.41) is 11.7. The fourth-order valence-electron chi connectivity index (χ4n) is 3.23. The smallest absolute Gasteiger partial charge is 0.244 e. The number of hydrogen-bond donors (Lipinski definition) is 1. The molecule has 0 radical (unpaired) electrons. The van der Waals surface area contributed by atoms with E-state index in [-0.39, 0.29) is 0 Å². The van der Waals surface area contributed by atoms with E-state index in [0.29, 0.717) is 12.0 Å². The molecule has 6 nitrogen and oxygen atoms in total. The SMILES string of the molecule is CCN1CCN(c2cnnc(NC3CCCCC3)n2)CC1. The van der Waals surface area contributed by atoms with Gasteiger partial charge in [0.2, 0.25) is 5.95 Å². The Morgan fingerprint density at radius 2 is 1.90 bits per heavy atom. The Morgan fingerprint density at radius 1 is 1.14 bits per heavy atom. The molecule has 1 aromatic rings. The largest absolute Gasteiger partial charge is 0.353 e. The molecular weight excluding hydrogens is 264 g/mol. The van der Waals surface area contributed by atoms with Crippen molar-refractivity contribution in [3.8, 4) is 0 Å². The predicted octanol–water partition coefficient (Wildman–Crippen LogP) is 1.76. The lowest BCUT2D eigenvalue weighted by molar-refractivity contribution is 0.270. The Morgan fingerprint density at radius 3 is 2.62 bits per heavy atom. The first kappa shape index (κ1) is 14.5. The molecule has 0 spiro atoms. The van der Waals surface area contributed by atoms with E-state index in [1.54, 1.807) is 6.20 Å². The summed E-state index contributed by atoms with van der Waals surface area (Å²) in [4.78, 5) is 9.44. The van der Waals surface area contributed by atoms with Gasteiger partial charge in [0.1, 0.15) is 0 Å². The summed E-state index contributed by atoms with van der Waals surface area (Å²) in [6.45, 7) is 7.60. The molecule has 21 heavy (non-hydrogen) atoms. The minimum atomic E-state index is 0.521. The van der Waals surface area contributed by atoms with E-state index < -0.39 is 0 Å². The Bertz CT molecular complexity index is 438.